The fourth-order valence-electron chi connectivity index (χ4n) is 2.04. The van der Waals surface area contributed by atoms with E-state index in [1.165, 1.54) is 0 Å². The third kappa shape index (κ3) is 2.24. The topological polar surface area (TPSA) is 30.1 Å². The number of benzene rings is 2. The van der Waals surface area contributed by atoms with Gasteiger partial charge in [-0.2, -0.15) is 0 Å². The summed E-state index contributed by atoms with van der Waals surface area (Å²) < 4.78 is 3.86. The fraction of sp³-hybridized carbons (Fsp3) is 0. The van der Waals surface area contributed by atoms with E-state index in [0.29, 0.717) is 9.79 Å². The lowest BCUT2D eigenvalue weighted by molar-refractivity contribution is 0.442. The second-order valence-corrected chi connectivity index (χ2v) is 5.09. The lowest BCUT2D eigenvalue weighted by Gasteiger charge is -2.05. The van der Waals surface area contributed by atoms with Crippen LogP contribution in [-0.4, -0.2) is 14.2 Å². The summed E-state index contributed by atoms with van der Waals surface area (Å²) in [5, 5.41) is 10.8. The van der Waals surface area contributed by atoms with Crippen molar-refractivity contribution < 1.29 is 5.11 Å². The number of hydrogen-bond acceptors (Lipinski definition) is 2. The molecule has 1 N–H and O–H groups in total. The van der Waals surface area contributed by atoms with Crippen molar-refractivity contribution in [3.8, 4) is 17.3 Å². The summed E-state index contributed by atoms with van der Waals surface area (Å²) >= 11 is 11.3. The van der Waals surface area contributed by atoms with Crippen LogP contribution in [0.1, 0.15) is 0 Å². The molecule has 0 aliphatic carbocycles. The smallest absolute Gasteiger partial charge is 0.215 e. The van der Waals surface area contributed by atoms with Gasteiger partial charge in [0.15, 0.2) is 4.77 Å². The molecule has 0 saturated carbocycles. The largest absolute Gasteiger partial charge is 0.493 e. The molecule has 1 heterocycles. The highest BCUT2D eigenvalue weighted by molar-refractivity contribution is 7.71. The minimum Gasteiger partial charge on any atom is -0.493 e. The molecular weight excluding hydrogens is 292 g/mol. The molecular formula is C15H11ClN2OS. The van der Waals surface area contributed by atoms with Crippen LogP contribution >= 0.6 is 23.8 Å². The van der Waals surface area contributed by atoms with Crippen molar-refractivity contribution in [3.05, 3.63) is 70.6 Å². The summed E-state index contributed by atoms with van der Waals surface area (Å²) in [7, 11) is 0. The summed E-state index contributed by atoms with van der Waals surface area (Å²) in [6, 6.07) is 16.8. The van der Waals surface area contributed by atoms with Gasteiger partial charge in [-0.05, 0) is 48.6 Å². The second kappa shape index (κ2) is 5.15. The molecule has 0 saturated heterocycles. The Kier molecular flexibility index (Phi) is 3.34. The second-order valence-electron chi connectivity index (χ2n) is 4.29. The van der Waals surface area contributed by atoms with E-state index in [1.54, 1.807) is 27.5 Å². The Morgan fingerprint density at radius 2 is 1.55 bits per heavy atom. The average Bonchev–Trinajstić information content (AvgIpc) is 2.76. The van der Waals surface area contributed by atoms with Gasteiger partial charge < -0.3 is 5.11 Å². The number of nitrogens with zero attached hydrogens (tertiary/aromatic N) is 2. The van der Waals surface area contributed by atoms with Crippen LogP contribution in [0.4, 0.5) is 0 Å². The third-order valence-corrected chi connectivity index (χ3v) is 3.62. The number of aromatic hydroxyl groups is 1. The molecule has 3 rings (SSSR count). The van der Waals surface area contributed by atoms with Crippen LogP contribution in [-0.2, 0) is 0 Å². The van der Waals surface area contributed by atoms with Crippen LogP contribution in [0.2, 0.25) is 5.02 Å². The lowest BCUT2D eigenvalue weighted by Crippen LogP contribution is -1.97. The first-order chi connectivity index (χ1) is 9.66. The molecule has 0 aliphatic heterocycles. The predicted molar refractivity (Wildman–Crippen MR) is 82.6 cm³/mol. The Bertz CT molecular complexity index is 791. The summed E-state index contributed by atoms with van der Waals surface area (Å²) in [4.78, 5) is 0. The summed E-state index contributed by atoms with van der Waals surface area (Å²) in [5.74, 6) is 0.0844. The average molecular weight is 303 g/mol. The van der Waals surface area contributed by atoms with Crippen molar-refractivity contribution in [1.82, 2.24) is 9.13 Å². The minimum absolute atomic E-state index is 0.0844. The van der Waals surface area contributed by atoms with Gasteiger partial charge in [-0.25, -0.2) is 0 Å². The molecule has 100 valence electrons. The maximum atomic E-state index is 10.1. The fourth-order valence-corrected chi connectivity index (χ4v) is 2.52. The molecule has 2 aromatic carbocycles. The first-order valence-electron chi connectivity index (χ1n) is 6.01. The molecule has 0 fully saturated rings. The van der Waals surface area contributed by atoms with Gasteiger partial charge in [-0.15, -0.1) is 0 Å². The van der Waals surface area contributed by atoms with Gasteiger partial charge in [0.1, 0.15) is 0 Å². The van der Waals surface area contributed by atoms with Crippen molar-refractivity contribution in [2.24, 2.45) is 0 Å². The molecule has 0 aliphatic rings. The maximum Gasteiger partial charge on any atom is 0.215 e. The molecule has 0 unspecified atom stereocenters. The molecule has 3 nitrogen and oxygen atoms in total. The minimum atomic E-state index is 0.0844. The Hall–Kier alpha value is -2.04. The van der Waals surface area contributed by atoms with E-state index in [4.69, 9.17) is 23.8 Å². The van der Waals surface area contributed by atoms with Crippen LogP contribution in [0.25, 0.3) is 11.4 Å². The van der Waals surface area contributed by atoms with Crippen molar-refractivity contribution in [1.29, 1.82) is 0 Å². The van der Waals surface area contributed by atoms with Gasteiger partial charge in [0.05, 0.1) is 11.9 Å². The number of rotatable bonds is 2. The third-order valence-electron chi connectivity index (χ3n) is 2.99. The molecule has 5 heteroatoms. The van der Waals surface area contributed by atoms with Crippen molar-refractivity contribution in [2.45, 2.75) is 0 Å². The highest BCUT2D eigenvalue weighted by Gasteiger charge is 2.10. The van der Waals surface area contributed by atoms with Crippen molar-refractivity contribution >= 4 is 23.8 Å². The van der Waals surface area contributed by atoms with Crippen LogP contribution in [0.3, 0.4) is 0 Å². The van der Waals surface area contributed by atoms with E-state index >= 15 is 0 Å². The Morgan fingerprint density at radius 1 is 0.900 bits per heavy atom. The van der Waals surface area contributed by atoms with Crippen LogP contribution < -0.4 is 0 Å². The summed E-state index contributed by atoms with van der Waals surface area (Å²) in [5.41, 5.74) is 1.67. The zero-order chi connectivity index (χ0) is 14.1. The van der Waals surface area contributed by atoms with Crippen LogP contribution in [0.5, 0.6) is 5.88 Å². The van der Waals surface area contributed by atoms with E-state index in [2.05, 4.69) is 0 Å². The monoisotopic (exact) mass is 302 g/mol. The SMILES string of the molecule is Oc1cn(-c2ccccc2)c(=S)n1-c1ccc(Cl)cc1. The molecule has 1 aromatic heterocycles. The highest BCUT2D eigenvalue weighted by atomic mass is 35.5. The molecule has 0 atom stereocenters. The van der Waals surface area contributed by atoms with Gasteiger partial charge in [0.25, 0.3) is 0 Å². The predicted octanol–water partition coefficient (Wildman–Crippen LogP) is 4.36. The van der Waals surface area contributed by atoms with Crippen molar-refractivity contribution in [2.75, 3.05) is 0 Å². The Labute approximate surface area is 126 Å². The Morgan fingerprint density at radius 3 is 2.20 bits per heavy atom. The molecule has 0 spiro atoms. The van der Waals surface area contributed by atoms with Gasteiger partial charge in [-0.3, -0.25) is 9.13 Å². The first-order valence-corrected chi connectivity index (χ1v) is 6.80. The molecule has 0 amide bonds. The van der Waals surface area contributed by atoms with Gasteiger partial charge in [-0.1, -0.05) is 29.8 Å². The van der Waals surface area contributed by atoms with Crippen molar-refractivity contribution in [3.63, 3.8) is 0 Å². The first kappa shape index (κ1) is 13.0. The Balaban J connectivity index is 2.17. The van der Waals surface area contributed by atoms with E-state index < -0.39 is 0 Å². The normalized spacial score (nSPS) is 10.7. The maximum absolute atomic E-state index is 10.1. The van der Waals surface area contributed by atoms with Gasteiger partial charge >= 0.3 is 0 Å². The van der Waals surface area contributed by atoms with Crippen LogP contribution in [0, 0.1) is 4.77 Å². The standard InChI is InChI=1S/C15H11ClN2OS/c16-11-6-8-13(9-7-11)18-14(19)10-17(15(18)20)12-4-2-1-3-5-12/h1-10,19H. The van der Waals surface area contributed by atoms with Gasteiger partial charge in [0.2, 0.25) is 5.88 Å². The van der Waals surface area contributed by atoms with E-state index in [1.807, 2.05) is 42.5 Å². The molecule has 20 heavy (non-hydrogen) atoms. The summed E-state index contributed by atoms with van der Waals surface area (Å²) in [6.07, 6.45) is 1.60. The number of hydrogen-bond donors (Lipinski definition) is 1. The number of para-hydroxylation sites is 1. The lowest BCUT2D eigenvalue weighted by atomic mass is 10.3. The number of aromatic nitrogens is 2. The zero-order valence-electron chi connectivity index (χ0n) is 10.4. The van der Waals surface area contributed by atoms with Gasteiger partial charge in [0, 0.05) is 10.7 Å². The number of halogens is 1. The summed E-state index contributed by atoms with van der Waals surface area (Å²) in [6.45, 7) is 0. The van der Waals surface area contributed by atoms with E-state index in [9.17, 15) is 5.11 Å². The quantitative estimate of drug-likeness (QED) is 0.713. The highest BCUT2D eigenvalue weighted by Crippen LogP contribution is 2.23. The van der Waals surface area contributed by atoms with E-state index in [-0.39, 0.29) is 5.88 Å². The molecule has 3 aromatic rings. The molecule has 0 radical (unpaired) electrons. The number of imidazole rings is 1. The zero-order valence-corrected chi connectivity index (χ0v) is 12.0. The van der Waals surface area contributed by atoms with Crippen LogP contribution in [0.15, 0.2) is 60.8 Å². The van der Waals surface area contributed by atoms with E-state index in [0.717, 1.165) is 11.4 Å². The molecule has 0 bridgehead atoms.